The van der Waals surface area contributed by atoms with Gasteiger partial charge < -0.3 is 14.8 Å². The van der Waals surface area contributed by atoms with Crippen LogP contribution in [0.4, 0.5) is 11.6 Å². The average Bonchev–Trinajstić information content (AvgIpc) is 2.85. The van der Waals surface area contributed by atoms with Gasteiger partial charge in [-0.15, -0.1) is 0 Å². The fourth-order valence-electron chi connectivity index (χ4n) is 3.42. The minimum Gasteiger partial charge on any atom is -0.550 e. The van der Waals surface area contributed by atoms with Gasteiger partial charge in [-0.3, -0.25) is 4.79 Å². The third-order valence-corrected chi connectivity index (χ3v) is 5.81. The number of hydrogen-bond acceptors (Lipinski definition) is 7. The Kier molecular flexibility index (Phi) is 12.1. The van der Waals surface area contributed by atoms with Crippen molar-refractivity contribution < 1.29 is 44.3 Å². The van der Waals surface area contributed by atoms with Crippen LogP contribution in [0, 0.1) is 17.2 Å². The van der Waals surface area contributed by atoms with Gasteiger partial charge in [0.05, 0.1) is 28.1 Å². The molecule has 3 rings (SSSR count). The Hall–Kier alpha value is -2.73. The maximum atomic E-state index is 12.6. The van der Waals surface area contributed by atoms with E-state index in [9.17, 15) is 14.7 Å². The number of carboxylic acid groups (broad SMARTS) is 1. The van der Waals surface area contributed by atoms with Crippen LogP contribution in [-0.2, 0) is 4.79 Å². The van der Waals surface area contributed by atoms with Crippen molar-refractivity contribution in [2.75, 3.05) is 11.4 Å². The molecule has 0 fully saturated rings. The van der Waals surface area contributed by atoms with E-state index in [0.29, 0.717) is 18.9 Å². The van der Waals surface area contributed by atoms with Crippen LogP contribution in [0.25, 0.3) is 6.08 Å². The molecule has 1 aromatic heterocycles. The predicted octanol–water partition coefficient (Wildman–Crippen LogP) is 1.88. The number of carbonyl (C=O) groups excluding carboxylic acids is 2. The normalized spacial score (nSPS) is 11.4. The van der Waals surface area contributed by atoms with Crippen LogP contribution < -0.4 is 39.6 Å². The number of aromatic nitrogens is 2. The number of rotatable bonds is 11. The number of carbonyl (C=O) groups is 2. The quantitative estimate of drug-likeness (QED) is 0.275. The van der Waals surface area contributed by atoms with Gasteiger partial charge in [0, 0.05) is 42.9 Å². The van der Waals surface area contributed by atoms with E-state index in [2.05, 4.69) is 16.0 Å². The number of hydrogen-bond donors (Lipinski definition) is 0. The first kappa shape index (κ1) is 29.5. The smallest absolute Gasteiger partial charge is 0.550 e. The van der Waals surface area contributed by atoms with Crippen LogP contribution in [-0.4, -0.2) is 28.3 Å². The number of benzene rings is 2. The maximum absolute atomic E-state index is 12.6. The van der Waals surface area contributed by atoms with Gasteiger partial charge in [0.25, 0.3) is 0 Å². The van der Waals surface area contributed by atoms with E-state index >= 15 is 0 Å². The number of ketones is 1. The van der Waals surface area contributed by atoms with Crippen LogP contribution in [0.5, 0.6) is 0 Å². The Morgan fingerprint density at radius 2 is 1.69 bits per heavy atom. The second-order valence-corrected chi connectivity index (χ2v) is 8.39. The fourth-order valence-corrected chi connectivity index (χ4v) is 4.03. The first-order valence-electron chi connectivity index (χ1n) is 10.8. The van der Waals surface area contributed by atoms with E-state index in [1.54, 1.807) is 36.7 Å². The fraction of sp³-hybridized carbons (Fsp3) is 0.192. The summed E-state index contributed by atoms with van der Waals surface area (Å²) in [5.74, 6) is -2.31. The second kappa shape index (κ2) is 14.7. The third-order valence-electron chi connectivity index (χ3n) is 5.18. The Morgan fingerprint density at radius 3 is 2.28 bits per heavy atom. The Bertz CT molecular complexity index is 1230. The van der Waals surface area contributed by atoms with E-state index in [1.807, 2.05) is 29.2 Å². The average molecular weight is 531 g/mol. The summed E-state index contributed by atoms with van der Waals surface area (Å²) in [5, 5.41) is 21.0. The van der Waals surface area contributed by atoms with Crippen LogP contribution in [0.2, 0.25) is 10.0 Å². The van der Waals surface area contributed by atoms with Crippen molar-refractivity contribution >= 4 is 52.7 Å². The number of nitrogens with zero attached hydrogens (tertiary/aromatic N) is 4. The van der Waals surface area contributed by atoms with Crippen molar-refractivity contribution in [3.8, 4) is 6.07 Å². The molecule has 1 atom stereocenters. The van der Waals surface area contributed by atoms with Gasteiger partial charge in [0.2, 0.25) is 5.95 Å². The molecule has 0 aliphatic rings. The summed E-state index contributed by atoms with van der Waals surface area (Å²) >= 11 is 12.1. The molecule has 0 saturated heterocycles. The molecule has 0 bridgehead atoms. The number of halogens is 2. The van der Waals surface area contributed by atoms with Crippen molar-refractivity contribution in [2.45, 2.75) is 19.3 Å². The molecule has 1 unspecified atom stereocenters. The maximum Gasteiger partial charge on any atom is 1.00 e. The summed E-state index contributed by atoms with van der Waals surface area (Å²) in [6.07, 6.45) is 6.86. The third kappa shape index (κ3) is 8.16. The van der Waals surface area contributed by atoms with Crippen molar-refractivity contribution in [1.82, 2.24) is 9.97 Å². The molecule has 0 saturated carbocycles. The molecule has 36 heavy (non-hydrogen) atoms. The molecule has 3 aromatic rings. The van der Waals surface area contributed by atoms with Crippen LogP contribution >= 0.6 is 23.2 Å². The molecule has 178 valence electrons. The summed E-state index contributed by atoms with van der Waals surface area (Å²) < 4.78 is 0. The van der Waals surface area contributed by atoms with Crippen LogP contribution in [0.1, 0.15) is 35.2 Å². The Balaban J connectivity index is 0.00000456. The summed E-state index contributed by atoms with van der Waals surface area (Å²) in [4.78, 5) is 34.6. The van der Waals surface area contributed by atoms with Gasteiger partial charge >= 0.3 is 29.6 Å². The van der Waals surface area contributed by atoms with Crippen molar-refractivity contribution in [3.63, 3.8) is 0 Å². The van der Waals surface area contributed by atoms with E-state index in [0.717, 1.165) is 11.3 Å². The number of aliphatic carboxylic acids is 1. The molecule has 0 aliphatic heterocycles. The van der Waals surface area contributed by atoms with Gasteiger partial charge in [-0.2, -0.15) is 5.26 Å². The van der Waals surface area contributed by atoms with E-state index in [-0.39, 0.29) is 58.0 Å². The minimum absolute atomic E-state index is 0. The topological polar surface area (TPSA) is 110 Å². The second-order valence-electron chi connectivity index (χ2n) is 7.58. The largest absolute Gasteiger partial charge is 1.00 e. The van der Waals surface area contributed by atoms with Crippen LogP contribution in [0.3, 0.4) is 0 Å². The van der Waals surface area contributed by atoms with Crippen molar-refractivity contribution in [3.05, 3.63) is 88.2 Å². The molecule has 0 spiro atoms. The molecule has 2 aromatic carbocycles. The van der Waals surface area contributed by atoms with E-state index in [4.69, 9.17) is 28.5 Å². The van der Waals surface area contributed by atoms with Crippen molar-refractivity contribution in [1.29, 1.82) is 5.26 Å². The summed E-state index contributed by atoms with van der Waals surface area (Å²) in [5.41, 5.74) is 1.77. The first-order chi connectivity index (χ1) is 16.9. The molecular weight excluding hydrogens is 510 g/mol. The van der Waals surface area contributed by atoms with Gasteiger partial charge in [-0.1, -0.05) is 53.6 Å². The monoisotopic (exact) mass is 530 g/mol. The minimum atomic E-state index is -1.32. The van der Waals surface area contributed by atoms with E-state index < -0.39 is 17.7 Å². The zero-order valence-electron chi connectivity index (χ0n) is 19.6. The number of carboxylic acids is 1. The van der Waals surface area contributed by atoms with Gasteiger partial charge in [-0.05, 0) is 42.3 Å². The Morgan fingerprint density at radius 1 is 1.06 bits per heavy atom. The molecule has 0 N–H and O–H groups in total. The van der Waals surface area contributed by atoms with E-state index in [1.165, 1.54) is 12.1 Å². The molecule has 0 radical (unpaired) electrons. The van der Waals surface area contributed by atoms with Crippen LogP contribution in [0.15, 0.2) is 67.0 Å². The number of anilines is 2. The zero-order chi connectivity index (χ0) is 25.2. The van der Waals surface area contributed by atoms with Gasteiger partial charge in [0.1, 0.15) is 0 Å². The molecule has 0 aliphatic carbocycles. The molecule has 0 amide bonds. The summed E-state index contributed by atoms with van der Waals surface area (Å²) in [7, 11) is 0. The SMILES string of the molecule is N#CCCN(c1ccc(/C=C/CC(CC(=O)c2c(Cl)cccc2Cl)C(=O)[O-])cc1)c1ncccn1.[Na+]. The number of Topliss-reactive ketones (excluding diaryl/α,β-unsaturated/α-hetero) is 1. The predicted molar refractivity (Wildman–Crippen MR) is 133 cm³/mol. The standard InChI is InChI=1S/C26H22Cl2N4O3.Na/c27-21-7-2-8-22(28)24(21)23(33)17-19(25(34)35)6-1-5-18-9-11-20(12-10-18)32(16-3-13-29)26-30-14-4-15-31-26;/h1-2,4-5,7-12,14-15,19H,3,6,16-17H2,(H,34,35);/q;+1/p-1/b5-1+;. The van der Waals surface area contributed by atoms with Gasteiger partial charge in [0.15, 0.2) is 5.78 Å². The summed E-state index contributed by atoms with van der Waals surface area (Å²) in [6.45, 7) is 0.437. The molecule has 10 heteroatoms. The number of nitriles is 1. The zero-order valence-corrected chi connectivity index (χ0v) is 23.1. The summed E-state index contributed by atoms with van der Waals surface area (Å²) in [6, 6.07) is 16.0. The first-order valence-corrected chi connectivity index (χ1v) is 11.5. The molecule has 7 nitrogen and oxygen atoms in total. The van der Waals surface area contributed by atoms with Gasteiger partial charge in [-0.25, -0.2) is 9.97 Å². The molecular formula is C26H21Cl2N4NaO3. The van der Waals surface area contributed by atoms with Crippen molar-refractivity contribution in [2.24, 2.45) is 5.92 Å². The molecule has 1 heterocycles. The number of allylic oxidation sites excluding steroid dienone is 1. The Labute approximate surface area is 241 Å².